The molecule has 0 heterocycles. The maximum absolute atomic E-state index is 12.4. The Hall–Kier alpha value is -4.36. The Kier molecular flexibility index (Phi) is 11.9. The number of rotatable bonds is 6. The van der Waals surface area contributed by atoms with Crippen molar-refractivity contribution in [1.82, 2.24) is 0 Å². The fourth-order valence-electron chi connectivity index (χ4n) is 8.43. The van der Waals surface area contributed by atoms with Crippen molar-refractivity contribution in [1.29, 1.82) is 0 Å². The molecule has 1 nitrogen and oxygen atoms in total. The van der Waals surface area contributed by atoms with Crippen molar-refractivity contribution < 1.29 is 5.11 Å². The molecule has 0 radical (unpaired) electrons. The lowest BCUT2D eigenvalue weighted by atomic mass is 9.67. The van der Waals surface area contributed by atoms with Gasteiger partial charge in [-0.2, -0.15) is 0 Å². The van der Waals surface area contributed by atoms with Crippen molar-refractivity contribution in [2.45, 2.75) is 38.7 Å². The predicted octanol–water partition coefficient (Wildman–Crippen LogP) is 16.0. The van der Waals surface area contributed by atoms with Crippen LogP contribution >= 0.6 is 63.7 Å². The Bertz CT molecular complexity index is 2630. The number of fused-ring (bicyclic) bond motifs is 3. The van der Waals surface area contributed by atoms with Crippen LogP contribution in [0.25, 0.3) is 22.3 Å². The second-order valence-electron chi connectivity index (χ2n) is 15.5. The van der Waals surface area contributed by atoms with E-state index < -0.39 is 5.60 Å². The summed E-state index contributed by atoms with van der Waals surface area (Å²) in [6, 6.07) is 62.0. The second kappa shape index (κ2) is 17.0. The average Bonchev–Trinajstić information content (AvgIpc) is 3.51. The van der Waals surface area contributed by atoms with Crippen molar-refractivity contribution in [3.05, 3.63) is 255 Å². The van der Waals surface area contributed by atoms with Gasteiger partial charge in [-0.1, -0.05) is 213 Å². The molecule has 0 saturated carbocycles. The molecule has 0 aromatic heterocycles. The molecular formula is C54H42Br4O. The third-order valence-electron chi connectivity index (χ3n) is 11.5. The van der Waals surface area contributed by atoms with Crippen molar-refractivity contribution in [3.63, 3.8) is 0 Å². The molecule has 0 fully saturated rings. The van der Waals surface area contributed by atoms with Crippen LogP contribution in [0.3, 0.4) is 0 Å². The molecule has 0 aliphatic heterocycles. The van der Waals surface area contributed by atoms with Crippen LogP contribution in [0, 0.1) is 27.7 Å². The van der Waals surface area contributed by atoms with Gasteiger partial charge in [0.2, 0.25) is 0 Å². The molecule has 0 spiro atoms. The van der Waals surface area contributed by atoms with E-state index in [1.165, 1.54) is 44.5 Å². The summed E-state index contributed by atoms with van der Waals surface area (Å²) in [5.41, 5.74) is 15.6. The summed E-state index contributed by atoms with van der Waals surface area (Å²) in [4.78, 5) is 0. The summed E-state index contributed by atoms with van der Waals surface area (Å²) in [6.07, 6.45) is 0. The Morgan fingerprint density at radius 2 is 0.712 bits per heavy atom. The van der Waals surface area contributed by atoms with Crippen LogP contribution in [-0.2, 0) is 11.0 Å². The Morgan fingerprint density at radius 3 is 1.12 bits per heavy atom. The normalized spacial score (nSPS) is 12.6. The summed E-state index contributed by atoms with van der Waals surface area (Å²) in [5.74, 6) is 0. The molecule has 8 aromatic rings. The van der Waals surface area contributed by atoms with Gasteiger partial charge < -0.3 is 5.11 Å². The first kappa shape index (κ1) is 41.4. The van der Waals surface area contributed by atoms with Crippen LogP contribution in [0.1, 0.15) is 61.2 Å². The lowest BCUT2D eigenvalue weighted by molar-refractivity contribution is 0.126. The lowest BCUT2D eigenvalue weighted by Crippen LogP contribution is -2.29. The SMILES string of the molecule is Cc1ccc(C(O)(c2ccc(C)cc2)c2cc(Br)ccc2-c2ccc(Br)cc2)cc1.Cc1ccc(C2(c3ccc(C)cc3)c3cc(Br)ccc3-c3ccc(Br)cc32)cc1. The number of aliphatic hydroxyl groups is 1. The van der Waals surface area contributed by atoms with Gasteiger partial charge in [0.15, 0.2) is 0 Å². The summed E-state index contributed by atoms with van der Waals surface area (Å²) < 4.78 is 4.16. The van der Waals surface area contributed by atoms with E-state index in [1.54, 1.807) is 0 Å². The van der Waals surface area contributed by atoms with Crippen LogP contribution in [0.2, 0.25) is 0 Å². The van der Waals surface area contributed by atoms with E-state index in [0.717, 1.165) is 56.8 Å². The Labute approximate surface area is 381 Å². The fraction of sp³-hybridized carbons (Fsp3) is 0.111. The molecule has 1 aliphatic rings. The van der Waals surface area contributed by atoms with Gasteiger partial charge in [0, 0.05) is 23.5 Å². The van der Waals surface area contributed by atoms with Gasteiger partial charge in [0.25, 0.3) is 0 Å². The van der Waals surface area contributed by atoms with E-state index >= 15 is 0 Å². The molecule has 5 heteroatoms. The quantitative estimate of drug-likeness (QED) is 0.165. The third-order valence-corrected chi connectivity index (χ3v) is 13.5. The number of hydrogen-bond donors (Lipinski definition) is 1. The molecule has 0 atom stereocenters. The van der Waals surface area contributed by atoms with Crippen LogP contribution in [0.4, 0.5) is 0 Å². The number of benzene rings is 8. The summed E-state index contributed by atoms with van der Waals surface area (Å²) >= 11 is 14.6. The van der Waals surface area contributed by atoms with Crippen molar-refractivity contribution in [2.24, 2.45) is 0 Å². The van der Waals surface area contributed by atoms with Crippen LogP contribution in [0.5, 0.6) is 0 Å². The molecular weight excluding hydrogens is 984 g/mol. The highest BCUT2D eigenvalue weighted by Crippen LogP contribution is 2.57. The van der Waals surface area contributed by atoms with Crippen molar-refractivity contribution in [3.8, 4) is 22.3 Å². The van der Waals surface area contributed by atoms with E-state index in [0.29, 0.717) is 0 Å². The highest BCUT2D eigenvalue weighted by atomic mass is 79.9. The minimum absolute atomic E-state index is 0.348. The summed E-state index contributed by atoms with van der Waals surface area (Å²) in [6.45, 7) is 8.40. The van der Waals surface area contributed by atoms with Gasteiger partial charge in [-0.3, -0.25) is 0 Å². The molecule has 0 saturated heterocycles. The number of halogens is 4. The van der Waals surface area contributed by atoms with E-state index in [-0.39, 0.29) is 5.41 Å². The highest BCUT2D eigenvalue weighted by Gasteiger charge is 2.46. The maximum Gasteiger partial charge on any atom is 0.141 e. The predicted molar refractivity (Wildman–Crippen MR) is 260 cm³/mol. The van der Waals surface area contributed by atoms with Gasteiger partial charge in [-0.25, -0.2) is 0 Å². The summed E-state index contributed by atoms with van der Waals surface area (Å²) in [7, 11) is 0. The molecule has 0 amide bonds. The fourth-order valence-corrected chi connectivity index (χ4v) is 9.78. The first-order valence-corrected chi connectivity index (χ1v) is 22.7. The van der Waals surface area contributed by atoms with Crippen molar-refractivity contribution in [2.75, 3.05) is 0 Å². The largest absolute Gasteiger partial charge is 0.376 e. The minimum atomic E-state index is -1.30. The zero-order valence-electron chi connectivity index (χ0n) is 33.2. The second-order valence-corrected chi connectivity index (χ2v) is 19.2. The molecule has 8 aromatic carbocycles. The van der Waals surface area contributed by atoms with E-state index in [9.17, 15) is 5.11 Å². The van der Waals surface area contributed by atoms with Gasteiger partial charge in [-0.15, -0.1) is 0 Å². The standard InChI is InChI=1S/C27H22Br2O.C27H20Br2/c1-18-3-9-21(10-4-18)27(30,22-11-5-19(2)6-12-22)26-17-24(29)15-16-25(26)20-7-13-23(28)14-8-20;1-17-3-7-19(8-4-17)27(20-9-5-18(2)6-10-20)25-15-21(28)11-13-23(25)24-14-12-22(29)16-26(24)27/h3-17,30H,1-2H3;3-16H,1-2H3. The number of aryl methyl sites for hydroxylation is 4. The van der Waals surface area contributed by atoms with Gasteiger partial charge >= 0.3 is 0 Å². The number of hydrogen-bond acceptors (Lipinski definition) is 1. The van der Waals surface area contributed by atoms with Crippen molar-refractivity contribution >= 4 is 63.7 Å². The molecule has 0 unspecified atom stereocenters. The smallest absolute Gasteiger partial charge is 0.141 e. The Morgan fingerprint density at radius 1 is 0.373 bits per heavy atom. The molecule has 59 heavy (non-hydrogen) atoms. The first-order valence-electron chi connectivity index (χ1n) is 19.6. The lowest BCUT2D eigenvalue weighted by Gasteiger charge is -2.34. The molecule has 1 aliphatic carbocycles. The summed E-state index contributed by atoms with van der Waals surface area (Å²) in [5, 5.41) is 12.4. The third kappa shape index (κ3) is 7.89. The van der Waals surface area contributed by atoms with Crippen LogP contribution in [-0.4, -0.2) is 5.11 Å². The highest BCUT2D eigenvalue weighted by molar-refractivity contribution is 9.11. The molecule has 292 valence electrons. The van der Waals surface area contributed by atoms with Crippen LogP contribution in [0.15, 0.2) is 194 Å². The molecule has 9 rings (SSSR count). The average molecular weight is 1030 g/mol. The van der Waals surface area contributed by atoms with E-state index in [1.807, 2.05) is 72.8 Å². The zero-order chi connectivity index (χ0) is 41.5. The monoisotopic (exact) mass is 1020 g/mol. The van der Waals surface area contributed by atoms with Gasteiger partial charge in [-0.05, 0) is 132 Å². The van der Waals surface area contributed by atoms with Gasteiger partial charge in [0.05, 0.1) is 5.41 Å². The maximum atomic E-state index is 12.4. The molecule has 1 N–H and O–H groups in total. The topological polar surface area (TPSA) is 20.2 Å². The van der Waals surface area contributed by atoms with E-state index in [4.69, 9.17) is 0 Å². The van der Waals surface area contributed by atoms with Gasteiger partial charge in [0.1, 0.15) is 5.60 Å². The molecule has 0 bridgehead atoms. The zero-order valence-corrected chi connectivity index (χ0v) is 39.5. The Balaban J connectivity index is 0.000000164. The minimum Gasteiger partial charge on any atom is -0.376 e. The van der Waals surface area contributed by atoms with E-state index in [2.05, 4.69) is 195 Å². The van der Waals surface area contributed by atoms with Crippen LogP contribution < -0.4 is 0 Å². The first-order chi connectivity index (χ1) is 28.4.